The highest BCUT2D eigenvalue weighted by molar-refractivity contribution is 6.06. The molecule has 0 unspecified atom stereocenters. The molecule has 11 aromatic rings. The zero-order valence-electron chi connectivity index (χ0n) is 32.1. The lowest BCUT2D eigenvalue weighted by Crippen LogP contribution is -1.97. The highest BCUT2D eigenvalue weighted by Crippen LogP contribution is 2.39. The lowest BCUT2D eigenvalue weighted by Gasteiger charge is -2.14. The third-order valence-electron chi connectivity index (χ3n) is 11.3. The Morgan fingerprint density at radius 2 is 0.780 bits per heavy atom. The van der Waals surface area contributed by atoms with Crippen molar-refractivity contribution in [1.82, 2.24) is 9.97 Å². The second kappa shape index (κ2) is 14.6. The molecule has 0 atom stereocenters. The lowest BCUT2D eigenvalue weighted by molar-refractivity contribution is 0.669. The van der Waals surface area contributed by atoms with Crippen molar-refractivity contribution in [3.8, 4) is 78.4 Å². The van der Waals surface area contributed by atoms with Gasteiger partial charge in [-0.25, -0.2) is 9.97 Å². The van der Waals surface area contributed by atoms with Crippen molar-refractivity contribution in [2.45, 2.75) is 0 Å². The molecule has 9 aromatic carbocycles. The Hall–Kier alpha value is -7.88. The maximum Gasteiger partial charge on any atom is 0.160 e. The van der Waals surface area contributed by atoms with Crippen LogP contribution >= 0.6 is 0 Å². The van der Waals surface area contributed by atoms with Gasteiger partial charge in [-0.2, -0.15) is 0 Å². The summed E-state index contributed by atoms with van der Waals surface area (Å²) in [6.07, 6.45) is 0. The number of hydrogen-bond donors (Lipinski definition) is 0. The van der Waals surface area contributed by atoms with Crippen molar-refractivity contribution in [2.24, 2.45) is 0 Å². The Morgan fingerprint density at radius 3 is 1.58 bits per heavy atom. The predicted octanol–water partition coefficient (Wildman–Crippen LogP) is 15.2. The molecule has 0 aliphatic rings. The van der Waals surface area contributed by atoms with Crippen molar-refractivity contribution < 1.29 is 4.42 Å². The summed E-state index contributed by atoms with van der Waals surface area (Å²) in [5.74, 6) is 0.680. The summed E-state index contributed by atoms with van der Waals surface area (Å²) in [7, 11) is 0. The van der Waals surface area contributed by atoms with Gasteiger partial charge in [-0.15, -0.1) is 0 Å². The largest absolute Gasteiger partial charge is 0.456 e. The minimum Gasteiger partial charge on any atom is -0.456 e. The topological polar surface area (TPSA) is 38.9 Å². The summed E-state index contributed by atoms with van der Waals surface area (Å²) in [4.78, 5) is 10.5. The van der Waals surface area contributed by atoms with Gasteiger partial charge in [-0.1, -0.05) is 164 Å². The molecular weight excluding hydrogens is 717 g/mol. The fraction of sp³-hybridized carbons (Fsp3) is 0. The molecule has 276 valence electrons. The molecule has 0 aliphatic carbocycles. The zero-order chi connectivity index (χ0) is 39.1. The van der Waals surface area contributed by atoms with Crippen LogP contribution in [0.25, 0.3) is 111 Å². The Morgan fingerprint density at radius 1 is 0.271 bits per heavy atom. The lowest BCUT2D eigenvalue weighted by atomic mass is 9.91. The third kappa shape index (κ3) is 6.55. The molecule has 0 fully saturated rings. The van der Waals surface area contributed by atoms with Crippen LogP contribution in [0.1, 0.15) is 0 Å². The maximum absolute atomic E-state index is 6.25. The van der Waals surface area contributed by atoms with Gasteiger partial charge >= 0.3 is 0 Å². The number of benzene rings is 9. The quantitative estimate of drug-likeness (QED) is 0.163. The van der Waals surface area contributed by atoms with Crippen LogP contribution in [0.5, 0.6) is 0 Å². The first-order valence-corrected chi connectivity index (χ1v) is 20.0. The van der Waals surface area contributed by atoms with Crippen LogP contribution in [-0.2, 0) is 0 Å². The predicted molar refractivity (Wildman–Crippen MR) is 245 cm³/mol. The Labute approximate surface area is 342 Å². The number of rotatable bonds is 7. The average Bonchev–Trinajstić information content (AvgIpc) is 3.70. The molecule has 0 saturated heterocycles. The summed E-state index contributed by atoms with van der Waals surface area (Å²) in [6.45, 7) is 0. The highest BCUT2D eigenvalue weighted by atomic mass is 16.3. The van der Waals surface area contributed by atoms with Crippen LogP contribution in [0.2, 0.25) is 0 Å². The van der Waals surface area contributed by atoms with Gasteiger partial charge in [0.1, 0.15) is 11.2 Å². The molecule has 2 aromatic heterocycles. The Kier molecular flexibility index (Phi) is 8.49. The van der Waals surface area contributed by atoms with Crippen molar-refractivity contribution in [3.63, 3.8) is 0 Å². The molecule has 59 heavy (non-hydrogen) atoms. The molecule has 11 rings (SSSR count). The second-order valence-electron chi connectivity index (χ2n) is 15.0. The molecule has 0 amide bonds. The molecule has 0 bridgehead atoms. The third-order valence-corrected chi connectivity index (χ3v) is 11.3. The van der Waals surface area contributed by atoms with Gasteiger partial charge in [0.25, 0.3) is 0 Å². The number of hydrogen-bond acceptors (Lipinski definition) is 3. The first-order chi connectivity index (χ1) is 29.2. The van der Waals surface area contributed by atoms with E-state index in [9.17, 15) is 0 Å². The maximum atomic E-state index is 6.25. The molecule has 0 radical (unpaired) electrons. The summed E-state index contributed by atoms with van der Waals surface area (Å²) in [5, 5.41) is 4.66. The zero-order valence-corrected chi connectivity index (χ0v) is 32.1. The fourth-order valence-corrected chi connectivity index (χ4v) is 8.31. The Bertz CT molecular complexity index is 3320. The van der Waals surface area contributed by atoms with Crippen LogP contribution in [0, 0.1) is 0 Å². The summed E-state index contributed by atoms with van der Waals surface area (Å²) in [6, 6.07) is 77.2. The average molecular weight is 753 g/mol. The van der Waals surface area contributed by atoms with Crippen molar-refractivity contribution >= 4 is 32.7 Å². The molecule has 0 aliphatic heterocycles. The number of para-hydroxylation sites is 1. The minimum absolute atomic E-state index is 0.680. The van der Waals surface area contributed by atoms with Gasteiger partial charge < -0.3 is 4.42 Å². The summed E-state index contributed by atoms with van der Waals surface area (Å²) >= 11 is 0. The van der Waals surface area contributed by atoms with Gasteiger partial charge in [0, 0.05) is 27.5 Å². The first kappa shape index (κ1) is 34.4. The van der Waals surface area contributed by atoms with Crippen molar-refractivity contribution in [2.75, 3.05) is 0 Å². The fourth-order valence-electron chi connectivity index (χ4n) is 8.31. The van der Waals surface area contributed by atoms with E-state index in [2.05, 4.69) is 182 Å². The standard InChI is InChI=1S/C56H36N2O/c1-3-14-37(15-4-1)40-20-12-23-44(31-40)52-36-53(58-56(57-52)39-17-5-2-6-18-39)47-33-45(41-21-11-22-43(30-41)49-26-13-19-38-16-7-8-24-48(38)49)32-46(34-47)42-28-29-55-51(35-42)50-25-9-10-27-54(50)59-55/h1-36H. The summed E-state index contributed by atoms with van der Waals surface area (Å²) in [5.41, 5.74) is 15.6. The van der Waals surface area contributed by atoms with E-state index < -0.39 is 0 Å². The number of furan rings is 1. The van der Waals surface area contributed by atoms with Crippen LogP contribution in [0.4, 0.5) is 0 Å². The van der Waals surface area contributed by atoms with Crippen LogP contribution < -0.4 is 0 Å². The van der Waals surface area contributed by atoms with Crippen molar-refractivity contribution in [3.05, 3.63) is 218 Å². The molecule has 3 heteroatoms. The van der Waals surface area contributed by atoms with Gasteiger partial charge in [-0.05, 0) is 110 Å². The van der Waals surface area contributed by atoms with E-state index in [0.717, 1.165) is 83.4 Å². The molecule has 0 saturated carbocycles. The highest BCUT2D eigenvalue weighted by Gasteiger charge is 2.16. The molecule has 3 nitrogen and oxygen atoms in total. The van der Waals surface area contributed by atoms with Crippen molar-refractivity contribution in [1.29, 1.82) is 0 Å². The second-order valence-corrected chi connectivity index (χ2v) is 15.0. The summed E-state index contributed by atoms with van der Waals surface area (Å²) < 4.78 is 6.25. The first-order valence-electron chi connectivity index (χ1n) is 20.0. The van der Waals surface area contributed by atoms with E-state index >= 15 is 0 Å². The van der Waals surface area contributed by atoms with E-state index in [1.165, 1.54) is 21.9 Å². The normalized spacial score (nSPS) is 11.4. The van der Waals surface area contributed by atoms with Crippen LogP contribution in [0.3, 0.4) is 0 Å². The van der Waals surface area contributed by atoms with Gasteiger partial charge in [-0.3, -0.25) is 0 Å². The van der Waals surface area contributed by atoms with E-state index in [-0.39, 0.29) is 0 Å². The van der Waals surface area contributed by atoms with Gasteiger partial charge in [0.05, 0.1) is 11.4 Å². The minimum atomic E-state index is 0.680. The number of fused-ring (bicyclic) bond motifs is 4. The SMILES string of the molecule is c1ccc(-c2cccc(-c3cc(-c4cc(-c5cccc(-c6cccc7ccccc67)c5)cc(-c5ccc6oc7ccccc7c6c5)c4)nc(-c4ccccc4)n3)c2)cc1. The molecule has 0 N–H and O–H groups in total. The van der Waals surface area contributed by atoms with Gasteiger partial charge in [0.2, 0.25) is 0 Å². The molecule has 0 spiro atoms. The van der Waals surface area contributed by atoms with E-state index in [4.69, 9.17) is 14.4 Å². The monoisotopic (exact) mass is 752 g/mol. The van der Waals surface area contributed by atoms with E-state index in [0.29, 0.717) is 5.82 Å². The van der Waals surface area contributed by atoms with Crippen LogP contribution in [-0.4, -0.2) is 9.97 Å². The molecular formula is C56H36N2O. The van der Waals surface area contributed by atoms with E-state index in [1.807, 2.05) is 36.4 Å². The van der Waals surface area contributed by atoms with Gasteiger partial charge in [0.15, 0.2) is 5.82 Å². The Balaban J connectivity index is 1.12. The number of aromatic nitrogens is 2. The molecule has 2 heterocycles. The van der Waals surface area contributed by atoms with E-state index in [1.54, 1.807) is 0 Å². The number of nitrogens with zero attached hydrogens (tertiary/aromatic N) is 2. The smallest absolute Gasteiger partial charge is 0.160 e. The van der Waals surface area contributed by atoms with Crippen LogP contribution in [0.15, 0.2) is 223 Å².